The third-order valence-electron chi connectivity index (χ3n) is 4.28. The van der Waals surface area contributed by atoms with Crippen LogP contribution in [0.15, 0.2) is 23.1 Å². The lowest BCUT2D eigenvalue weighted by molar-refractivity contribution is -0.133. The molecule has 2 rings (SSSR count). The van der Waals surface area contributed by atoms with Crippen molar-refractivity contribution in [2.45, 2.75) is 31.2 Å². The molecule has 1 aromatic carbocycles. The lowest BCUT2D eigenvalue weighted by Gasteiger charge is -2.26. The third-order valence-corrected chi connectivity index (χ3v) is 6.20. The van der Waals surface area contributed by atoms with Gasteiger partial charge in [-0.15, -0.1) is 0 Å². The number of rotatable bonds is 7. The fourth-order valence-electron chi connectivity index (χ4n) is 2.81. The summed E-state index contributed by atoms with van der Waals surface area (Å²) in [4.78, 5) is 25.0. The highest BCUT2D eigenvalue weighted by molar-refractivity contribution is 7.89. The van der Waals surface area contributed by atoms with Crippen molar-refractivity contribution in [3.8, 4) is 0 Å². The fraction of sp³-hybridized carbons (Fsp3) is 0.579. The summed E-state index contributed by atoms with van der Waals surface area (Å²) in [6, 6.07) is 3.56. The van der Waals surface area contributed by atoms with Crippen LogP contribution in [0.5, 0.6) is 0 Å². The average Bonchev–Trinajstić information content (AvgIpc) is 2.66. The molecular weight excluding hydrogens is 415 g/mol. The van der Waals surface area contributed by atoms with E-state index in [0.29, 0.717) is 0 Å². The summed E-state index contributed by atoms with van der Waals surface area (Å²) in [5.74, 6) is -1.53. The number of morpholine rings is 1. The van der Waals surface area contributed by atoms with Crippen LogP contribution in [0.3, 0.4) is 0 Å². The molecule has 168 valence electrons. The van der Waals surface area contributed by atoms with Crippen LogP contribution in [-0.2, 0) is 24.3 Å². The van der Waals surface area contributed by atoms with E-state index in [-0.39, 0.29) is 56.9 Å². The second-order valence-electron chi connectivity index (χ2n) is 8.06. The average molecular weight is 445 g/mol. The van der Waals surface area contributed by atoms with Crippen molar-refractivity contribution in [1.82, 2.24) is 14.5 Å². The van der Waals surface area contributed by atoms with Gasteiger partial charge in [0, 0.05) is 31.4 Å². The predicted molar refractivity (Wildman–Crippen MR) is 110 cm³/mol. The van der Waals surface area contributed by atoms with E-state index in [1.165, 1.54) is 28.4 Å². The molecule has 2 amide bonds. The van der Waals surface area contributed by atoms with E-state index in [2.05, 4.69) is 10.6 Å². The molecule has 0 radical (unpaired) electrons. The number of sulfonamides is 1. The molecule has 1 fully saturated rings. The first-order chi connectivity index (χ1) is 13.9. The van der Waals surface area contributed by atoms with Gasteiger partial charge in [0.1, 0.15) is 10.7 Å². The minimum absolute atomic E-state index is 0.113. The number of carbonyl (C=O) groups excluding carboxylic acids is 2. The number of benzene rings is 1. The molecule has 0 atom stereocenters. The normalized spacial score (nSPS) is 15.5. The van der Waals surface area contributed by atoms with Gasteiger partial charge in [0.15, 0.2) is 0 Å². The Morgan fingerprint density at radius 2 is 1.87 bits per heavy atom. The summed E-state index contributed by atoms with van der Waals surface area (Å²) in [6.45, 7) is 6.03. The number of hydrogen-bond donors (Lipinski definition) is 2. The highest BCUT2D eigenvalue weighted by atomic mass is 32.2. The van der Waals surface area contributed by atoms with E-state index in [1.807, 2.05) is 20.8 Å². The van der Waals surface area contributed by atoms with Gasteiger partial charge in [-0.05, 0) is 39.0 Å². The van der Waals surface area contributed by atoms with E-state index < -0.39 is 26.3 Å². The Bertz CT molecular complexity index is 879. The van der Waals surface area contributed by atoms with Crippen LogP contribution in [0.25, 0.3) is 0 Å². The van der Waals surface area contributed by atoms with Gasteiger partial charge in [-0.3, -0.25) is 9.59 Å². The molecule has 0 unspecified atom stereocenters. The van der Waals surface area contributed by atoms with Crippen LogP contribution in [0, 0.1) is 5.82 Å². The number of hydrogen-bond acceptors (Lipinski definition) is 6. The van der Waals surface area contributed by atoms with Gasteiger partial charge >= 0.3 is 0 Å². The smallest absolute Gasteiger partial charge is 0.246 e. The van der Waals surface area contributed by atoms with Crippen molar-refractivity contribution in [3.63, 3.8) is 0 Å². The summed E-state index contributed by atoms with van der Waals surface area (Å²) in [5.41, 5.74) is -0.125. The van der Waals surface area contributed by atoms with Gasteiger partial charge in [0.2, 0.25) is 21.8 Å². The number of carbonyl (C=O) groups is 2. The maximum Gasteiger partial charge on any atom is 0.246 e. The molecule has 0 spiro atoms. The van der Waals surface area contributed by atoms with Crippen molar-refractivity contribution in [3.05, 3.63) is 24.0 Å². The Morgan fingerprint density at radius 1 is 1.23 bits per heavy atom. The second kappa shape index (κ2) is 9.71. The number of likely N-dealkylation sites (N-methyl/N-ethyl adjacent to an activating group) is 1. The van der Waals surface area contributed by atoms with Gasteiger partial charge in [0.05, 0.1) is 26.3 Å². The molecule has 1 aliphatic heterocycles. The molecule has 30 heavy (non-hydrogen) atoms. The van der Waals surface area contributed by atoms with Crippen LogP contribution in [-0.4, -0.2) is 81.4 Å². The quantitative estimate of drug-likeness (QED) is 0.639. The largest absolute Gasteiger partial charge is 0.379 e. The lowest BCUT2D eigenvalue weighted by Crippen LogP contribution is -2.47. The molecule has 1 aliphatic rings. The first kappa shape index (κ1) is 24.0. The maximum absolute atomic E-state index is 14.2. The standard InChI is InChI=1S/C19H29FN4O5S/c1-19(2,3)22-17(25)13-23(4)18(26)12-21-14-5-6-15(20)16(11-14)30(27,28)24-7-9-29-10-8-24/h5-6,11,21H,7-10,12-13H2,1-4H3,(H,22,25). The Morgan fingerprint density at radius 3 is 2.47 bits per heavy atom. The molecular formula is C19H29FN4O5S. The molecule has 1 aromatic rings. The number of nitrogens with zero attached hydrogens (tertiary/aromatic N) is 2. The Labute approximate surface area is 176 Å². The minimum Gasteiger partial charge on any atom is -0.379 e. The van der Waals surface area contributed by atoms with Crippen molar-refractivity contribution in [1.29, 1.82) is 0 Å². The predicted octanol–water partition coefficient (Wildman–Crippen LogP) is 0.632. The summed E-state index contributed by atoms with van der Waals surface area (Å²) in [7, 11) is -2.52. The molecule has 11 heteroatoms. The van der Waals surface area contributed by atoms with Gasteiger partial charge in [-0.2, -0.15) is 4.31 Å². The highest BCUT2D eigenvalue weighted by Gasteiger charge is 2.29. The zero-order valence-electron chi connectivity index (χ0n) is 17.7. The van der Waals surface area contributed by atoms with E-state index >= 15 is 0 Å². The van der Waals surface area contributed by atoms with Gasteiger partial charge in [-0.1, -0.05) is 0 Å². The fourth-order valence-corrected chi connectivity index (χ4v) is 4.31. The number of ether oxygens (including phenoxy) is 1. The summed E-state index contributed by atoms with van der Waals surface area (Å²) in [6.07, 6.45) is 0. The topological polar surface area (TPSA) is 108 Å². The van der Waals surface area contributed by atoms with E-state index in [4.69, 9.17) is 4.74 Å². The van der Waals surface area contributed by atoms with Crippen LogP contribution >= 0.6 is 0 Å². The van der Waals surface area contributed by atoms with Gasteiger partial charge in [0.25, 0.3) is 0 Å². The molecule has 1 saturated heterocycles. The molecule has 2 N–H and O–H groups in total. The highest BCUT2D eigenvalue weighted by Crippen LogP contribution is 2.23. The summed E-state index contributed by atoms with van der Waals surface area (Å²) in [5, 5.41) is 5.56. The molecule has 0 aliphatic carbocycles. The van der Waals surface area contributed by atoms with E-state index in [1.54, 1.807) is 0 Å². The van der Waals surface area contributed by atoms with E-state index in [9.17, 15) is 22.4 Å². The molecule has 1 heterocycles. The molecule has 0 aromatic heterocycles. The van der Waals surface area contributed by atoms with Crippen molar-refractivity contribution in [2.75, 3.05) is 51.8 Å². The zero-order valence-corrected chi connectivity index (χ0v) is 18.5. The number of halogens is 1. The lowest BCUT2D eigenvalue weighted by atomic mass is 10.1. The van der Waals surface area contributed by atoms with Crippen molar-refractivity contribution < 1.29 is 27.1 Å². The van der Waals surface area contributed by atoms with Crippen LogP contribution in [0.1, 0.15) is 20.8 Å². The monoisotopic (exact) mass is 444 g/mol. The zero-order chi connectivity index (χ0) is 22.5. The first-order valence-electron chi connectivity index (χ1n) is 9.56. The van der Waals surface area contributed by atoms with Crippen LogP contribution < -0.4 is 10.6 Å². The molecule has 0 bridgehead atoms. The second-order valence-corrected chi connectivity index (χ2v) is 9.97. The Hall–Kier alpha value is -2.24. The Balaban J connectivity index is 2.01. The summed E-state index contributed by atoms with van der Waals surface area (Å²) < 4.78 is 46.0. The van der Waals surface area contributed by atoms with Crippen LogP contribution in [0.2, 0.25) is 0 Å². The van der Waals surface area contributed by atoms with Crippen molar-refractivity contribution in [2.24, 2.45) is 0 Å². The van der Waals surface area contributed by atoms with E-state index in [0.717, 1.165) is 6.07 Å². The number of nitrogens with one attached hydrogen (secondary N) is 2. The Kier molecular flexibility index (Phi) is 7.78. The number of anilines is 1. The minimum atomic E-state index is -4.01. The molecule has 0 saturated carbocycles. The number of amides is 2. The maximum atomic E-state index is 14.2. The SMILES string of the molecule is CN(CC(=O)NC(C)(C)C)C(=O)CNc1ccc(F)c(S(=O)(=O)N2CCOCC2)c1. The third kappa shape index (κ3) is 6.64. The van der Waals surface area contributed by atoms with Crippen LogP contribution in [0.4, 0.5) is 10.1 Å². The van der Waals surface area contributed by atoms with Crippen molar-refractivity contribution >= 4 is 27.5 Å². The first-order valence-corrected chi connectivity index (χ1v) is 11.0. The molecule has 9 nitrogen and oxygen atoms in total. The van der Waals surface area contributed by atoms with Gasteiger partial charge in [-0.25, -0.2) is 12.8 Å². The summed E-state index contributed by atoms with van der Waals surface area (Å²) >= 11 is 0. The van der Waals surface area contributed by atoms with Gasteiger partial charge < -0.3 is 20.3 Å².